The summed E-state index contributed by atoms with van der Waals surface area (Å²) < 4.78 is 5.53. The van der Waals surface area contributed by atoms with Gasteiger partial charge in [-0.15, -0.1) is 0 Å². The van der Waals surface area contributed by atoms with Gasteiger partial charge in [-0.2, -0.15) is 0 Å². The Labute approximate surface area is 185 Å². The van der Waals surface area contributed by atoms with Crippen molar-refractivity contribution in [3.63, 3.8) is 0 Å². The Morgan fingerprint density at radius 2 is 1.84 bits per heavy atom. The maximum absolute atomic E-state index is 12.7. The van der Waals surface area contributed by atoms with Gasteiger partial charge in [0.15, 0.2) is 0 Å². The molecule has 0 radical (unpaired) electrons. The number of imide groups is 1. The van der Waals surface area contributed by atoms with Gasteiger partial charge < -0.3 is 15.4 Å². The van der Waals surface area contributed by atoms with Crippen LogP contribution in [0.2, 0.25) is 0 Å². The Balaban J connectivity index is 1.29. The van der Waals surface area contributed by atoms with Crippen LogP contribution in [-0.2, 0) is 16.1 Å². The normalized spacial score (nSPS) is 17.4. The van der Waals surface area contributed by atoms with Gasteiger partial charge in [0.05, 0.1) is 23.8 Å². The number of amides is 4. The summed E-state index contributed by atoms with van der Waals surface area (Å²) in [5, 5.41) is 5.45. The van der Waals surface area contributed by atoms with Crippen molar-refractivity contribution in [1.29, 1.82) is 0 Å². The molecule has 0 aliphatic carbocycles. The predicted molar refractivity (Wildman–Crippen MR) is 114 cm³/mol. The minimum absolute atomic E-state index is 0.119. The monoisotopic (exact) mass is 436 g/mol. The van der Waals surface area contributed by atoms with Gasteiger partial charge in [0.2, 0.25) is 5.91 Å². The zero-order valence-electron chi connectivity index (χ0n) is 17.5. The van der Waals surface area contributed by atoms with Crippen molar-refractivity contribution in [3.8, 4) is 0 Å². The maximum Gasteiger partial charge on any atom is 0.261 e. The van der Waals surface area contributed by atoms with Crippen molar-refractivity contribution >= 4 is 23.6 Å². The average molecular weight is 436 g/mol. The summed E-state index contributed by atoms with van der Waals surface area (Å²) in [6.45, 7) is 1.40. The summed E-state index contributed by atoms with van der Waals surface area (Å²) in [7, 11) is 0. The Hall–Kier alpha value is -3.59. The first-order chi connectivity index (χ1) is 15.5. The summed E-state index contributed by atoms with van der Waals surface area (Å²) >= 11 is 0. The molecule has 2 aliphatic rings. The molecule has 1 atom stereocenters. The Bertz CT molecular complexity index is 1030. The van der Waals surface area contributed by atoms with Gasteiger partial charge >= 0.3 is 0 Å². The third kappa shape index (κ3) is 4.83. The molecule has 3 heterocycles. The van der Waals surface area contributed by atoms with E-state index in [0.717, 1.165) is 18.4 Å². The van der Waals surface area contributed by atoms with Gasteiger partial charge in [-0.1, -0.05) is 0 Å². The number of carbonyl (C=O) groups is 4. The van der Waals surface area contributed by atoms with Crippen LogP contribution in [0.1, 0.15) is 55.9 Å². The Morgan fingerprint density at radius 1 is 1.06 bits per heavy atom. The largest absolute Gasteiger partial charge is 0.376 e. The van der Waals surface area contributed by atoms with Crippen molar-refractivity contribution in [2.75, 3.05) is 19.7 Å². The molecule has 1 saturated heterocycles. The second-order valence-electron chi connectivity index (χ2n) is 7.75. The van der Waals surface area contributed by atoms with Crippen molar-refractivity contribution in [3.05, 3.63) is 65.0 Å². The lowest BCUT2D eigenvalue weighted by atomic mass is 10.1. The summed E-state index contributed by atoms with van der Waals surface area (Å²) in [6.07, 6.45) is 5.02. The van der Waals surface area contributed by atoms with Crippen molar-refractivity contribution in [1.82, 2.24) is 20.5 Å². The van der Waals surface area contributed by atoms with E-state index in [1.54, 1.807) is 12.4 Å². The molecule has 2 aliphatic heterocycles. The van der Waals surface area contributed by atoms with E-state index in [2.05, 4.69) is 15.6 Å². The van der Waals surface area contributed by atoms with E-state index in [4.69, 9.17) is 4.74 Å². The quantitative estimate of drug-likeness (QED) is 0.602. The molecule has 4 rings (SSSR count). The van der Waals surface area contributed by atoms with E-state index < -0.39 is 11.8 Å². The number of rotatable bonds is 8. The van der Waals surface area contributed by atoms with E-state index in [-0.39, 0.29) is 48.6 Å². The van der Waals surface area contributed by atoms with Gasteiger partial charge in [0.1, 0.15) is 0 Å². The summed E-state index contributed by atoms with van der Waals surface area (Å²) in [4.78, 5) is 54.9. The second-order valence-corrected chi connectivity index (χ2v) is 7.75. The lowest BCUT2D eigenvalue weighted by Gasteiger charge is -2.17. The van der Waals surface area contributed by atoms with Gasteiger partial charge in [0.25, 0.3) is 17.7 Å². The molecule has 9 nitrogen and oxygen atoms in total. The van der Waals surface area contributed by atoms with Crippen molar-refractivity contribution < 1.29 is 23.9 Å². The van der Waals surface area contributed by atoms with Crippen molar-refractivity contribution in [2.24, 2.45) is 0 Å². The van der Waals surface area contributed by atoms with Crippen LogP contribution in [0.4, 0.5) is 0 Å². The highest BCUT2D eigenvalue weighted by Gasteiger charge is 2.37. The molecule has 0 saturated carbocycles. The molecule has 4 amide bonds. The molecule has 0 bridgehead atoms. The maximum atomic E-state index is 12.7. The molecule has 166 valence electrons. The molecule has 0 spiro atoms. The van der Waals surface area contributed by atoms with E-state index >= 15 is 0 Å². The van der Waals surface area contributed by atoms with Gasteiger partial charge in [0, 0.05) is 44.1 Å². The fourth-order valence-corrected chi connectivity index (χ4v) is 3.77. The minimum Gasteiger partial charge on any atom is -0.376 e. The predicted octanol–water partition coefficient (Wildman–Crippen LogP) is 1.29. The molecule has 1 unspecified atom stereocenters. The highest BCUT2D eigenvalue weighted by Crippen LogP contribution is 2.26. The minimum atomic E-state index is -0.411. The average Bonchev–Trinajstić information content (AvgIpc) is 3.41. The first kappa shape index (κ1) is 21.6. The molecule has 9 heteroatoms. The first-order valence-electron chi connectivity index (χ1n) is 10.6. The van der Waals surface area contributed by atoms with E-state index in [0.29, 0.717) is 18.7 Å². The molecule has 32 heavy (non-hydrogen) atoms. The highest BCUT2D eigenvalue weighted by atomic mass is 16.5. The van der Waals surface area contributed by atoms with Crippen LogP contribution in [0.15, 0.2) is 42.7 Å². The van der Waals surface area contributed by atoms with Crippen LogP contribution >= 0.6 is 0 Å². The van der Waals surface area contributed by atoms with Crippen LogP contribution in [0.5, 0.6) is 0 Å². The number of pyridine rings is 1. The zero-order chi connectivity index (χ0) is 22.5. The number of aromatic nitrogens is 1. The summed E-state index contributed by atoms with van der Waals surface area (Å²) in [5.41, 5.74) is 1.71. The molecular formula is C23H24N4O5. The fourth-order valence-electron chi connectivity index (χ4n) is 3.77. The topological polar surface area (TPSA) is 118 Å². The van der Waals surface area contributed by atoms with Crippen LogP contribution < -0.4 is 10.6 Å². The number of hydrogen-bond acceptors (Lipinski definition) is 6. The van der Waals surface area contributed by atoms with Gasteiger partial charge in [-0.3, -0.25) is 29.1 Å². The number of fused-ring (bicyclic) bond motifs is 1. The number of carbonyl (C=O) groups excluding carboxylic acids is 4. The van der Waals surface area contributed by atoms with Crippen LogP contribution in [0.25, 0.3) is 0 Å². The second kappa shape index (κ2) is 9.69. The molecular weight excluding hydrogens is 412 g/mol. The van der Waals surface area contributed by atoms with Crippen molar-refractivity contribution in [2.45, 2.75) is 31.9 Å². The van der Waals surface area contributed by atoms with Crippen LogP contribution in [0.3, 0.4) is 0 Å². The van der Waals surface area contributed by atoms with Gasteiger partial charge in [-0.05, 0) is 48.7 Å². The van der Waals surface area contributed by atoms with E-state index in [1.165, 1.54) is 23.1 Å². The number of nitrogens with zero attached hydrogens (tertiary/aromatic N) is 2. The molecule has 1 fully saturated rings. The third-order valence-electron chi connectivity index (χ3n) is 5.52. The van der Waals surface area contributed by atoms with Crippen LogP contribution in [0, 0.1) is 0 Å². The SMILES string of the molecule is O=C(CCNC(=O)c1ccc2c(c1)C(=O)N(CC1CCCO1)C2=O)NCc1ccncc1. The van der Waals surface area contributed by atoms with E-state index in [1.807, 2.05) is 12.1 Å². The van der Waals surface area contributed by atoms with Crippen LogP contribution in [-0.4, -0.2) is 59.3 Å². The van der Waals surface area contributed by atoms with Gasteiger partial charge in [-0.25, -0.2) is 0 Å². The lowest BCUT2D eigenvalue weighted by Crippen LogP contribution is -2.36. The lowest BCUT2D eigenvalue weighted by molar-refractivity contribution is -0.121. The molecule has 1 aromatic carbocycles. The summed E-state index contributed by atoms with van der Waals surface area (Å²) in [5.74, 6) is -1.38. The fraction of sp³-hybridized carbons (Fsp3) is 0.348. The van der Waals surface area contributed by atoms with E-state index in [9.17, 15) is 19.2 Å². The third-order valence-corrected chi connectivity index (χ3v) is 5.52. The zero-order valence-corrected chi connectivity index (χ0v) is 17.5. The number of benzene rings is 1. The number of ether oxygens (including phenoxy) is 1. The summed E-state index contributed by atoms with van der Waals surface area (Å²) in [6, 6.07) is 8.07. The smallest absolute Gasteiger partial charge is 0.261 e. The number of nitrogens with one attached hydrogen (secondary N) is 2. The molecule has 2 N–H and O–H groups in total. The first-order valence-corrected chi connectivity index (χ1v) is 10.6. The Morgan fingerprint density at radius 3 is 2.59 bits per heavy atom. The molecule has 2 aromatic rings. The molecule has 1 aromatic heterocycles. The highest BCUT2D eigenvalue weighted by molar-refractivity contribution is 6.22. The Kier molecular flexibility index (Phi) is 6.55. The standard InChI is InChI=1S/C23H24N4O5/c28-20(26-13-15-5-8-24-9-6-15)7-10-25-21(29)16-3-4-18-19(12-16)23(31)27(22(18)30)14-17-2-1-11-32-17/h3-6,8-9,12,17H,1-2,7,10-11,13-14H2,(H,25,29)(H,26,28). The number of hydrogen-bond donors (Lipinski definition) is 2.